The summed E-state index contributed by atoms with van der Waals surface area (Å²) in [4.78, 5) is 14.0. The van der Waals surface area contributed by atoms with E-state index >= 15 is 0 Å². The minimum Gasteiger partial charge on any atom is -0.388 e. The number of carbonyl (C=O) groups excluding carboxylic acids is 1. The average molecular weight is 241 g/mol. The largest absolute Gasteiger partial charge is 0.388 e. The zero-order chi connectivity index (χ0) is 12.5. The third kappa shape index (κ3) is 2.46. The fraction of sp³-hybridized carbons (Fsp3) is 0.917. The van der Waals surface area contributed by atoms with Gasteiger partial charge in [0.25, 0.3) is 0 Å². The number of likely N-dealkylation sites (N-methyl/N-ethyl adjacent to an activating group) is 1. The molecule has 2 saturated heterocycles. The summed E-state index contributed by atoms with van der Waals surface area (Å²) in [6.07, 6.45) is 2.67. The lowest BCUT2D eigenvalue weighted by molar-refractivity contribution is -0.128. The highest BCUT2D eigenvalue weighted by Crippen LogP contribution is 2.29. The van der Waals surface area contributed by atoms with Crippen LogP contribution in [0.25, 0.3) is 0 Å². The molecule has 3 atom stereocenters. The van der Waals surface area contributed by atoms with Gasteiger partial charge in [-0.2, -0.15) is 0 Å². The number of likely N-dealkylation sites (tertiary alicyclic amines) is 1. The van der Waals surface area contributed by atoms with Crippen molar-refractivity contribution < 1.29 is 9.90 Å². The van der Waals surface area contributed by atoms with Crippen molar-refractivity contribution in [2.24, 2.45) is 0 Å². The van der Waals surface area contributed by atoms with Crippen LogP contribution in [0.2, 0.25) is 0 Å². The van der Waals surface area contributed by atoms with Crippen LogP contribution in [0.1, 0.15) is 26.2 Å². The molecule has 1 amide bonds. The number of hydrogen-bond donors (Lipinski definition) is 3. The molecule has 3 N–H and O–H groups in total. The molecule has 0 radical (unpaired) electrons. The normalized spacial score (nSPS) is 39.2. The predicted molar refractivity (Wildman–Crippen MR) is 65.7 cm³/mol. The Morgan fingerprint density at radius 3 is 3.00 bits per heavy atom. The van der Waals surface area contributed by atoms with Crippen molar-refractivity contribution in [3.63, 3.8) is 0 Å². The molecule has 2 aliphatic rings. The molecule has 2 heterocycles. The van der Waals surface area contributed by atoms with Gasteiger partial charge in [-0.3, -0.25) is 9.69 Å². The van der Waals surface area contributed by atoms with Crippen LogP contribution in [0.4, 0.5) is 0 Å². The molecular formula is C12H23N3O2. The van der Waals surface area contributed by atoms with E-state index in [1.165, 1.54) is 0 Å². The minimum atomic E-state index is -0.693. The SMILES string of the molecule is CNC(=O)C1CCCN1C1CNCCC1(C)O. The van der Waals surface area contributed by atoms with Gasteiger partial charge in [0.05, 0.1) is 17.7 Å². The number of aliphatic hydroxyl groups is 1. The molecule has 5 heteroatoms. The van der Waals surface area contributed by atoms with Crippen molar-refractivity contribution in [1.29, 1.82) is 0 Å². The number of carbonyl (C=O) groups is 1. The minimum absolute atomic E-state index is 0.0426. The van der Waals surface area contributed by atoms with Gasteiger partial charge < -0.3 is 15.7 Å². The molecule has 5 nitrogen and oxygen atoms in total. The van der Waals surface area contributed by atoms with Crippen molar-refractivity contribution in [3.05, 3.63) is 0 Å². The maximum absolute atomic E-state index is 11.8. The Morgan fingerprint density at radius 2 is 2.35 bits per heavy atom. The van der Waals surface area contributed by atoms with Crippen LogP contribution in [-0.4, -0.2) is 60.3 Å². The Labute approximate surface area is 103 Å². The van der Waals surface area contributed by atoms with E-state index in [0.717, 1.165) is 38.9 Å². The van der Waals surface area contributed by atoms with Crippen molar-refractivity contribution in [3.8, 4) is 0 Å². The number of hydrogen-bond acceptors (Lipinski definition) is 4. The summed E-state index contributed by atoms with van der Waals surface area (Å²) in [5.74, 6) is 0.0730. The summed E-state index contributed by atoms with van der Waals surface area (Å²) in [5.41, 5.74) is -0.693. The third-order valence-electron chi connectivity index (χ3n) is 4.11. The van der Waals surface area contributed by atoms with E-state index in [4.69, 9.17) is 0 Å². The molecule has 0 spiro atoms. The van der Waals surface area contributed by atoms with E-state index in [-0.39, 0.29) is 18.0 Å². The zero-order valence-electron chi connectivity index (χ0n) is 10.7. The van der Waals surface area contributed by atoms with Gasteiger partial charge in [-0.05, 0) is 39.3 Å². The van der Waals surface area contributed by atoms with Crippen molar-refractivity contribution in [2.45, 2.75) is 43.9 Å². The summed E-state index contributed by atoms with van der Waals surface area (Å²) in [6.45, 7) is 4.40. The zero-order valence-corrected chi connectivity index (χ0v) is 10.7. The molecule has 2 rings (SSSR count). The lowest BCUT2D eigenvalue weighted by Gasteiger charge is -2.44. The Kier molecular flexibility index (Phi) is 3.70. The molecule has 0 aliphatic carbocycles. The molecule has 0 aromatic heterocycles. The van der Waals surface area contributed by atoms with Crippen molar-refractivity contribution >= 4 is 5.91 Å². The lowest BCUT2D eigenvalue weighted by atomic mass is 9.88. The summed E-state index contributed by atoms with van der Waals surface area (Å²) in [5, 5.41) is 16.5. The highest BCUT2D eigenvalue weighted by molar-refractivity contribution is 5.81. The first-order valence-electron chi connectivity index (χ1n) is 6.46. The van der Waals surface area contributed by atoms with Gasteiger partial charge in [-0.15, -0.1) is 0 Å². The number of piperidine rings is 1. The smallest absolute Gasteiger partial charge is 0.237 e. The van der Waals surface area contributed by atoms with E-state index in [1.807, 2.05) is 6.92 Å². The van der Waals surface area contributed by atoms with E-state index in [2.05, 4.69) is 15.5 Å². The van der Waals surface area contributed by atoms with Gasteiger partial charge in [0.1, 0.15) is 0 Å². The molecular weight excluding hydrogens is 218 g/mol. The van der Waals surface area contributed by atoms with E-state index in [1.54, 1.807) is 7.05 Å². The molecule has 0 aromatic carbocycles. The van der Waals surface area contributed by atoms with Crippen LogP contribution in [0.3, 0.4) is 0 Å². The molecule has 0 saturated carbocycles. The molecule has 17 heavy (non-hydrogen) atoms. The van der Waals surface area contributed by atoms with E-state index in [9.17, 15) is 9.90 Å². The topological polar surface area (TPSA) is 64.6 Å². The van der Waals surface area contributed by atoms with Gasteiger partial charge in [0, 0.05) is 13.6 Å². The fourth-order valence-electron chi connectivity index (χ4n) is 3.05. The summed E-state index contributed by atoms with van der Waals surface area (Å²) in [7, 11) is 1.68. The Morgan fingerprint density at radius 1 is 1.59 bits per heavy atom. The van der Waals surface area contributed by atoms with Crippen LogP contribution in [0.5, 0.6) is 0 Å². The molecule has 0 bridgehead atoms. The molecule has 2 aliphatic heterocycles. The highest BCUT2D eigenvalue weighted by Gasteiger charge is 2.44. The standard InChI is InChI=1S/C12H23N3O2/c1-12(17)5-6-14-8-10(12)15-7-3-4-9(15)11(16)13-2/h9-10,14,17H,3-8H2,1-2H3,(H,13,16). The van der Waals surface area contributed by atoms with Crippen LogP contribution < -0.4 is 10.6 Å². The Balaban J connectivity index is 2.12. The lowest BCUT2D eigenvalue weighted by Crippen LogP contribution is -2.62. The van der Waals surface area contributed by atoms with Gasteiger partial charge in [-0.25, -0.2) is 0 Å². The Bertz CT molecular complexity index is 293. The van der Waals surface area contributed by atoms with Crippen LogP contribution >= 0.6 is 0 Å². The van der Waals surface area contributed by atoms with Gasteiger partial charge in [0.2, 0.25) is 5.91 Å². The molecule has 3 unspecified atom stereocenters. The summed E-state index contributed by atoms with van der Waals surface area (Å²) in [6, 6.07) is -0.0302. The first-order valence-corrected chi connectivity index (χ1v) is 6.46. The van der Waals surface area contributed by atoms with E-state index < -0.39 is 5.60 Å². The molecule has 0 aromatic rings. The fourth-order valence-corrected chi connectivity index (χ4v) is 3.05. The molecule has 2 fully saturated rings. The first-order chi connectivity index (χ1) is 8.06. The maximum atomic E-state index is 11.8. The Hall–Kier alpha value is -0.650. The second-order valence-electron chi connectivity index (χ2n) is 5.34. The second-order valence-corrected chi connectivity index (χ2v) is 5.34. The predicted octanol–water partition coefficient (Wildman–Crippen LogP) is -0.690. The summed E-state index contributed by atoms with van der Waals surface area (Å²) >= 11 is 0. The van der Waals surface area contributed by atoms with Crippen molar-refractivity contribution in [2.75, 3.05) is 26.7 Å². The number of nitrogens with zero attached hydrogens (tertiary/aromatic N) is 1. The number of rotatable bonds is 2. The second kappa shape index (κ2) is 4.92. The third-order valence-corrected chi connectivity index (χ3v) is 4.11. The van der Waals surface area contributed by atoms with Crippen LogP contribution in [-0.2, 0) is 4.79 Å². The number of nitrogens with one attached hydrogen (secondary N) is 2. The molecule has 98 valence electrons. The maximum Gasteiger partial charge on any atom is 0.237 e. The average Bonchev–Trinajstić information content (AvgIpc) is 2.76. The van der Waals surface area contributed by atoms with Crippen molar-refractivity contribution in [1.82, 2.24) is 15.5 Å². The van der Waals surface area contributed by atoms with E-state index in [0.29, 0.717) is 0 Å². The monoisotopic (exact) mass is 241 g/mol. The summed E-state index contributed by atoms with van der Waals surface area (Å²) < 4.78 is 0. The quantitative estimate of drug-likeness (QED) is 0.599. The van der Waals surface area contributed by atoms with Crippen LogP contribution in [0, 0.1) is 0 Å². The highest BCUT2D eigenvalue weighted by atomic mass is 16.3. The van der Waals surface area contributed by atoms with Gasteiger partial charge >= 0.3 is 0 Å². The first kappa shape index (κ1) is 12.8. The van der Waals surface area contributed by atoms with Gasteiger partial charge in [0.15, 0.2) is 0 Å². The number of amides is 1. The van der Waals surface area contributed by atoms with Gasteiger partial charge in [-0.1, -0.05) is 0 Å². The van der Waals surface area contributed by atoms with Crippen LogP contribution in [0.15, 0.2) is 0 Å².